The molecule has 0 saturated carbocycles. The van der Waals surface area contributed by atoms with E-state index >= 15 is 0 Å². The highest BCUT2D eigenvalue weighted by molar-refractivity contribution is 7.07. The van der Waals surface area contributed by atoms with Gasteiger partial charge >= 0.3 is 5.97 Å². The van der Waals surface area contributed by atoms with Crippen molar-refractivity contribution in [1.29, 1.82) is 0 Å². The highest BCUT2D eigenvalue weighted by Gasteiger charge is 2.33. The zero-order chi connectivity index (χ0) is 23.7. The average molecular weight is 478 g/mol. The van der Waals surface area contributed by atoms with Gasteiger partial charge in [-0.1, -0.05) is 41.7 Å². The maximum atomic E-state index is 13.6. The highest BCUT2D eigenvalue weighted by atomic mass is 32.1. The summed E-state index contributed by atoms with van der Waals surface area (Å²) >= 11 is 1.30. The van der Waals surface area contributed by atoms with Gasteiger partial charge in [0, 0.05) is 25.2 Å². The van der Waals surface area contributed by atoms with Gasteiger partial charge in [0.15, 0.2) is 10.7 Å². The number of anilines is 1. The van der Waals surface area contributed by atoms with Crippen molar-refractivity contribution in [3.63, 3.8) is 0 Å². The number of carbonyl (C=O) groups is 1. The van der Waals surface area contributed by atoms with Gasteiger partial charge in [0.1, 0.15) is 5.76 Å². The molecule has 1 fully saturated rings. The zero-order valence-electron chi connectivity index (χ0n) is 19.3. The van der Waals surface area contributed by atoms with Crippen LogP contribution in [0.5, 0.6) is 0 Å². The molecule has 0 N–H and O–H groups in total. The van der Waals surface area contributed by atoms with E-state index < -0.39 is 12.0 Å². The van der Waals surface area contributed by atoms with Crippen molar-refractivity contribution >= 4 is 29.3 Å². The van der Waals surface area contributed by atoms with Crippen LogP contribution in [0.4, 0.5) is 5.88 Å². The molecule has 1 atom stereocenters. The Morgan fingerprint density at radius 1 is 1.18 bits per heavy atom. The van der Waals surface area contributed by atoms with E-state index in [0.717, 1.165) is 37.4 Å². The number of benzene rings is 1. The number of aromatic nitrogens is 1. The largest absolute Gasteiger partial charge is 0.463 e. The van der Waals surface area contributed by atoms with E-state index in [-0.39, 0.29) is 12.2 Å². The van der Waals surface area contributed by atoms with Crippen molar-refractivity contribution in [2.24, 2.45) is 4.99 Å². The second-order valence-electron chi connectivity index (χ2n) is 8.44. The Labute approximate surface area is 201 Å². The van der Waals surface area contributed by atoms with Crippen molar-refractivity contribution in [2.45, 2.75) is 39.2 Å². The molecule has 0 radical (unpaired) electrons. The van der Waals surface area contributed by atoms with Crippen LogP contribution in [0.1, 0.15) is 50.5 Å². The van der Waals surface area contributed by atoms with Crippen molar-refractivity contribution < 1.29 is 13.9 Å². The minimum absolute atomic E-state index is 0.206. The third-order valence-corrected chi connectivity index (χ3v) is 7.17. The molecular formula is C26H27N3O4S. The lowest BCUT2D eigenvalue weighted by molar-refractivity contribution is -0.139. The van der Waals surface area contributed by atoms with Gasteiger partial charge in [-0.05, 0) is 44.7 Å². The van der Waals surface area contributed by atoms with Crippen LogP contribution in [0.3, 0.4) is 0 Å². The number of hydrogen-bond acceptors (Lipinski definition) is 7. The van der Waals surface area contributed by atoms with Crippen molar-refractivity contribution in [3.8, 4) is 0 Å². The Bertz CT molecular complexity index is 1410. The molecule has 2 aliphatic rings. The quantitative estimate of drug-likeness (QED) is 0.527. The van der Waals surface area contributed by atoms with E-state index in [4.69, 9.17) is 9.15 Å². The summed E-state index contributed by atoms with van der Waals surface area (Å²) in [5, 5.41) is 0. The highest BCUT2D eigenvalue weighted by Crippen LogP contribution is 2.30. The molecule has 2 aliphatic heterocycles. The first-order valence-electron chi connectivity index (χ1n) is 11.7. The van der Waals surface area contributed by atoms with Gasteiger partial charge < -0.3 is 14.1 Å². The molecule has 34 heavy (non-hydrogen) atoms. The third kappa shape index (κ3) is 4.14. The lowest BCUT2D eigenvalue weighted by atomic mass is 9.96. The Morgan fingerprint density at radius 2 is 1.94 bits per heavy atom. The standard InChI is InChI=1S/C26H27N3O4S/c1-3-32-25(31)22-17(2)27-26-29(23(22)18-10-6-4-7-11-18)24(30)20(34-26)16-19-12-13-21(33-19)28-14-8-5-9-15-28/h4,6-7,10-13,16,23H,3,5,8-9,14-15H2,1-2H3/b20-16+/t23-/m1/s1. The molecule has 0 aliphatic carbocycles. The predicted molar refractivity (Wildman–Crippen MR) is 132 cm³/mol. The first-order valence-corrected chi connectivity index (χ1v) is 12.5. The molecule has 0 amide bonds. The first kappa shape index (κ1) is 22.4. The van der Waals surface area contributed by atoms with Crippen molar-refractivity contribution in [1.82, 2.24) is 4.57 Å². The smallest absolute Gasteiger partial charge is 0.338 e. The number of carbonyl (C=O) groups excluding carboxylic acids is 1. The van der Waals surface area contributed by atoms with E-state index in [0.29, 0.717) is 26.4 Å². The van der Waals surface area contributed by atoms with Gasteiger partial charge in [0.2, 0.25) is 0 Å². The summed E-state index contributed by atoms with van der Waals surface area (Å²) in [6, 6.07) is 12.8. The molecule has 1 saturated heterocycles. The van der Waals surface area contributed by atoms with Gasteiger partial charge in [-0.15, -0.1) is 0 Å². The Kier molecular flexibility index (Phi) is 6.24. The van der Waals surface area contributed by atoms with Crippen molar-refractivity contribution in [2.75, 3.05) is 24.6 Å². The Balaban J connectivity index is 1.60. The second kappa shape index (κ2) is 9.46. The SMILES string of the molecule is CCOC(=O)C1=C(C)N=c2s/c(=C/c3ccc(N4CCCCC4)o3)c(=O)n2[C@@H]1c1ccccc1. The topological polar surface area (TPSA) is 77.0 Å². The monoisotopic (exact) mass is 477 g/mol. The first-order chi connectivity index (χ1) is 16.6. The van der Waals surface area contributed by atoms with Gasteiger partial charge in [0.25, 0.3) is 5.56 Å². The number of fused-ring (bicyclic) bond motifs is 1. The average Bonchev–Trinajstić information content (AvgIpc) is 3.44. The van der Waals surface area contributed by atoms with Crippen LogP contribution in [-0.2, 0) is 9.53 Å². The van der Waals surface area contributed by atoms with E-state index in [1.165, 1.54) is 17.8 Å². The summed E-state index contributed by atoms with van der Waals surface area (Å²) < 4.78 is 13.5. The van der Waals surface area contributed by atoms with E-state index in [1.54, 1.807) is 24.5 Å². The number of ether oxygens (including phenoxy) is 1. The normalized spacial score (nSPS) is 18.6. The summed E-state index contributed by atoms with van der Waals surface area (Å²) in [7, 11) is 0. The van der Waals surface area contributed by atoms with Crippen LogP contribution in [-0.4, -0.2) is 30.2 Å². The molecule has 0 spiro atoms. The molecule has 0 unspecified atom stereocenters. The number of thiazole rings is 1. The van der Waals surface area contributed by atoms with E-state index in [1.807, 2.05) is 42.5 Å². The molecule has 176 valence electrons. The molecule has 4 heterocycles. The van der Waals surface area contributed by atoms with E-state index in [9.17, 15) is 9.59 Å². The molecule has 7 nitrogen and oxygen atoms in total. The molecule has 3 aromatic rings. The van der Waals surface area contributed by atoms with Gasteiger partial charge in [-0.25, -0.2) is 9.79 Å². The van der Waals surface area contributed by atoms with Crippen LogP contribution in [0, 0.1) is 0 Å². The summed E-state index contributed by atoms with van der Waals surface area (Å²) in [6.45, 7) is 5.78. The maximum Gasteiger partial charge on any atom is 0.338 e. The minimum atomic E-state index is -0.598. The molecule has 8 heteroatoms. The summed E-state index contributed by atoms with van der Waals surface area (Å²) in [6.07, 6.45) is 5.34. The molecule has 2 aromatic heterocycles. The number of nitrogens with zero attached hydrogens (tertiary/aromatic N) is 3. The van der Waals surface area contributed by atoms with Gasteiger partial charge in [-0.2, -0.15) is 0 Å². The lowest BCUT2D eigenvalue weighted by Gasteiger charge is -2.25. The summed E-state index contributed by atoms with van der Waals surface area (Å²) in [5.41, 5.74) is 1.57. The number of hydrogen-bond donors (Lipinski definition) is 0. The molecular weight excluding hydrogens is 450 g/mol. The van der Waals surface area contributed by atoms with Crippen LogP contribution < -0.4 is 19.8 Å². The fraction of sp³-hybridized carbons (Fsp3) is 0.346. The number of furan rings is 1. The molecule has 0 bridgehead atoms. The third-order valence-electron chi connectivity index (χ3n) is 6.19. The van der Waals surface area contributed by atoms with Crippen molar-refractivity contribution in [3.05, 3.63) is 84.7 Å². The van der Waals surface area contributed by atoms with E-state index in [2.05, 4.69) is 9.89 Å². The Hall–Kier alpha value is -3.39. The predicted octanol–water partition coefficient (Wildman–Crippen LogP) is 3.38. The van der Waals surface area contributed by atoms with Gasteiger partial charge in [-0.3, -0.25) is 9.36 Å². The molecule has 5 rings (SSSR count). The molecule has 1 aromatic carbocycles. The van der Waals surface area contributed by atoms with Gasteiger partial charge in [0.05, 0.1) is 28.5 Å². The van der Waals surface area contributed by atoms with Crippen LogP contribution in [0.15, 0.2) is 67.9 Å². The number of piperidine rings is 1. The fourth-order valence-corrected chi connectivity index (χ4v) is 5.60. The summed E-state index contributed by atoms with van der Waals surface area (Å²) in [4.78, 5) is 33.9. The van der Waals surface area contributed by atoms with Crippen LogP contribution >= 0.6 is 11.3 Å². The number of allylic oxidation sites excluding steroid dienone is 1. The number of esters is 1. The minimum Gasteiger partial charge on any atom is -0.463 e. The van der Waals surface area contributed by atoms with Crippen LogP contribution in [0.25, 0.3) is 6.08 Å². The second-order valence-corrected chi connectivity index (χ2v) is 9.45. The number of rotatable bonds is 5. The zero-order valence-corrected chi connectivity index (χ0v) is 20.1. The van der Waals surface area contributed by atoms with Crippen LogP contribution in [0.2, 0.25) is 0 Å². The Morgan fingerprint density at radius 3 is 2.68 bits per heavy atom. The maximum absolute atomic E-state index is 13.6. The summed E-state index contributed by atoms with van der Waals surface area (Å²) in [5.74, 6) is 1.01. The lowest BCUT2D eigenvalue weighted by Crippen LogP contribution is -2.39. The fourth-order valence-electron chi connectivity index (χ4n) is 4.58.